The molecule has 1 saturated carbocycles. The maximum atomic E-state index is 12.5. The number of anilines is 1. The van der Waals surface area contributed by atoms with Crippen LogP contribution in [0.4, 0.5) is 5.69 Å². The molecule has 24 heavy (non-hydrogen) atoms. The molecule has 1 fully saturated rings. The molecular weight excluding hydrogens is 342 g/mol. The van der Waals surface area contributed by atoms with Crippen LogP contribution in [0.2, 0.25) is 0 Å². The van der Waals surface area contributed by atoms with Gasteiger partial charge in [-0.3, -0.25) is 0 Å². The zero-order chi connectivity index (χ0) is 17.2. The SMILES string of the molecule is CCNS(=O)(=O)c1cc(N)ccc1-c1cnc(C2CCCCC2)s1. The van der Waals surface area contributed by atoms with Crippen molar-refractivity contribution in [2.45, 2.75) is 49.8 Å². The van der Waals surface area contributed by atoms with Gasteiger partial charge in [0.05, 0.1) is 14.8 Å². The van der Waals surface area contributed by atoms with Crippen LogP contribution in [-0.2, 0) is 10.0 Å². The minimum absolute atomic E-state index is 0.225. The fraction of sp³-hybridized carbons (Fsp3) is 0.471. The van der Waals surface area contributed by atoms with Gasteiger partial charge in [-0.1, -0.05) is 32.3 Å². The van der Waals surface area contributed by atoms with Crippen molar-refractivity contribution < 1.29 is 8.42 Å². The molecule has 3 rings (SSSR count). The second-order valence-corrected chi connectivity index (χ2v) is 8.95. The maximum Gasteiger partial charge on any atom is 0.241 e. The number of rotatable bonds is 5. The first-order chi connectivity index (χ1) is 11.5. The number of sulfonamides is 1. The van der Waals surface area contributed by atoms with Crippen molar-refractivity contribution in [3.63, 3.8) is 0 Å². The summed E-state index contributed by atoms with van der Waals surface area (Å²) in [5, 5.41) is 1.12. The Labute approximate surface area is 147 Å². The van der Waals surface area contributed by atoms with Gasteiger partial charge in [-0.05, 0) is 25.0 Å². The zero-order valence-corrected chi connectivity index (χ0v) is 15.4. The maximum absolute atomic E-state index is 12.5. The van der Waals surface area contributed by atoms with E-state index in [1.165, 1.54) is 38.2 Å². The van der Waals surface area contributed by atoms with Crippen LogP contribution in [0.15, 0.2) is 29.3 Å². The lowest BCUT2D eigenvalue weighted by molar-refractivity contribution is 0.442. The molecule has 130 valence electrons. The third-order valence-electron chi connectivity index (χ3n) is 4.37. The lowest BCUT2D eigenvalue weighted by atomic mass is 9.90. The number of nitrogens with two attached hydrogens (primary N) is 1. The molecule has 1 aliphatic carbocycles. The topological polar surface area (TPSA) is 85.1 Å². The molecule has 1 aromatic carbocycles. The molecule has 0 bridgehead atoms. The lowest BCUT2D eigenvalue weighted by Crippen LogP contribution is -2.23. The fourth-order valence-electron chi connectivity index (χ4n) is 3.18. The van der Waals surface area contributed by atoms with Crippen molar-refractivity contribution in [3.05, 3.63) is 29.4 Å². The van der Waals surface area contributed by atoms with Gasteiger partial charge in [-0.2, -0.15) is 0 Å². The van der Waals surface area contributed by atoms with Gasteiger partial charge in [0.2, 0.25) is 10.0 Å². The van der Waals surface area contributed by atoms with Crippen molar-refractivity contribution in [1.29, 1.82) is 0 Å². The zero-order valence-electron chi connectivity index (χ0n) is 13.8. The highest BCUT2D eigenvalue weighted by molar-refractivity contribution is 7.89. The number of aromatic nitrogens is 1. The summed E-state index contributed by atoms with van der Waals surface area (Å²) < 4.78 is 27.6. The van der Waals surface area contributed by atoms with Gasteiger partial charge < -0.3 is 5.73 Å². The minimum Gasteiger partial charge on any atom is -0.399 e. The van der Waals surface area contributed by atoms with Gasteiger partial charge in [0.15, 0.2) is 0 Å². The van der Waals surface area contributed by atoms with E-state index in [-0.39, 0.29) is 4.90 Å². The average Bonchev–Trinajstić information content (AvgIpc) is 3.05. The van der Waals surface area contributed by atoms with Gasteiger partial charge in [-0.15, -0.1) is 11.3 Å². The predicted octanol–water partition coefficient (Wildman–Crippen LogP) is 3.74. The average molecular weight is 366 g/mol. The molecule has 0 radical (unpaired) electrons. The summed E-state index contributed by atoms with van der Waals surface area (Å²) in [7, 11) is -3.58. The molecule has 5 nitrogen and oxygen atoms in total. The molecule has 0 atom stereocenters. The van der Waals surface area contributed by atoms with Crippen LogP contribution in [0.3, 0.4) is 0 Å². The summed E-state index contributed by atoms with van der Waals surface area (Å²) in [5.41, 5.74) is 6.92. The molecule has 1 heterocycles. The van der Waals surface area contributed by atoms with Crippen LogP contribution in [0.25, 0.3) is 10.4 Å². The smallest absolute Gasteiger partial charge is 0.241 e. The quantitative estimate of drug-likeness (QED) is 0.791. The van der Waals surface area contributed by atoms with Crippen LogP contribution in [0.5, 0.6) is 0 Å². The third-order valence-corrected chi connectivity index (χ3v) is 7.15. The van der Waals surface area contributed by atoms with E-state index < -0.39 is 10.0 Å². The monoisotopic (exact) mass is 365 g/mol. The van der Waals surface area contributed by atoms with Gasteiger partial charge in [0.1, 0.15) is 0 Å². The highest BCUT2D eigenvalue weighted by Gasteiger charge is 2.23. The summed E-state index contributed by atoms with van der Waals surface area (Å²) in [4.78, 5) is 5.69. The molecule has 2 aromatic rings. The first-order valence-corrected chi connectivity index (χ1v) is 10.7. The van der Waals surface area contributed by atoms with Crippen molar-refractivity contribution in [3.8, 4) is 10.4 Å². The summed E-state index contributed by atoms with van der Waals surface area (Å²) in [6.45, 7) is 2.10. The molecule has 1 aromatic heterocycles. The van der Waals surface area contributed by atoms with E-state index in [1.807, 2.05) is 0 Å². The summed E-state index contributed by atoms with van der Waals surface area (Å²) in [5.74, 6) is 0.514. The van der Waals surface area contributed by atoms with E-state index in [9.17, 15) is 8.42 Å². The van der Waals surface area contributed by atoms with E-state index in [0.717, 1.165) is 9.88 Å². The standard InChI is InChI=1S/C17H23N3O2S2/c1-2-20-24(21,22)16-10-13(18)8-9-14(16)15-11-19-17(23-15)12-6-4-3-5-7-12/h8-12,20H,2-7,18H2,1H3. The Balaban J connectivity index is 1.99. The first-order valence-electron chi connectivity index (χ1n) is 8.36. The van der Waals surface area contributed by atoms with Gasteiger partial charge in [0, 0.05) is 29.9 Å². The predicted molar refractivity (Wildman–Crippen MR) is 98.7 cm³/mol. The Bertz CT molecular complexity index is 809. The Kier molecular flexibility index (Phi) is 5.22. The molecule has 3 N–H and O–H groups in total. The van der Waals surface area contributed by atoms with Gasteiger partial charge in [-0.25, -0.2) is 18.1 Å². The van der Waals surface area contributed by atoms with Gasteiger partial charge in [0.25, 0.3) is 0 Å². The largest absolute Gasteiger partial charge is 0.399 e. The van der Waals surface area contributed by atoms with Crippen molar-refractivity contribution >= 4 is 27.0 Å². The highest BCUT2D eigenvalue weighted by Crippen LogP contribution is 2.39. The normalized spacial score (nSPS) is 16.4. The molecule has 1 aliphatic rings. The molecule has 0 unspecified atom stereocenters. The number of hydrogen-bond acceptors (Lipinski definition) is 5. The minimum atomic E-state index is -3.58. The number of nitrogen functional groups attached to an aromatic ring is 1. The van der Waals surface area contributed by atoms with Crippen molar-refractivity contribution in [2.75, 3.05) is 12.3 Å². The number of thiazole rings is 1. The summed E-state index contributed by atoms with van der Waals surface area (Å²) in [6, 6.07) is 5.03. The highest BCUT2D eigenvalue weighted by atomic mass is 32.2. The van der Waals surface area contributed by atoms with Crippen LogP contribution in [0, 0.1) is 0 Å². The van der Waals surface area contributed by atoms with Crippen LogP contribution in [0.1, 0.15) is 50.0 Å². The summed E-state index contributed by atoms with van der Waals surface area (Å²) in [6.07, 6.45) is 7.96. The number of benzene rings is 1. The van der Waals surface area contributed by atoms with Crippen LogP contribution < -0.4 is 10.5 Å². The Morgan fingerprint density at radius 1 is 1.29 bits per heavy atom. The molecule has 0 aliphatic heterocycles. The Morgan fingerprint density at radius 2 is 2.04 bits per heavy atom. The molecule has 0 spiro atoms. The van der Waals surface area contributed by atoms with Gasteiger partial charge >= 0.3 is 0 Å². The Hall–Kier alpha value is -1.44. The Morgan fingerprint density at radius 3 is 2.75 bits per heavy atom. The van der Waals surface area contributed by atoms with E-state index in [0.29, 0.717) is 23.7 Å². The fourth-order valence-corrected chi connectivity index (χ4v) is 5.67. The van der Waals surface area contributed by atoms with E-state index >= 15 is 0 Å². The molecule has 0 saturated heterocycles. The number of nitrogens with zero attached hydrogens (tertiary/aromatic N) is 1. The van der Waals surface area contributed by atoms with E-state index in [4.69, 9.17) is 5.73 Å². The lowest BCUT2D eigenvalue weighted by Gasteiger charge is -2.18. The molecular formula is C17H23N3O2S2. The second kappa shape index (κ2) is 7.21. The second-order valence-electron chi connectivity index (χ2n) is 6.15. The molecule has 0 amide bonds. The van der Waals surface area contributed by atoms with E-state index in [2.05, 4.69) is 9.71 Å². The van der Waals surface area contributed by atoms with Crippen LogP contribution >= 0.6 is 11.3 Å². The third kappa shape index (κ3) is 3.63. The van der Waals surface area contributed by atoms with Crippen LogP contribution in [-0.4, -0.2) is 19.9 Å². The summed E-state index contributed by atoms with van der Waals surface area (Å²) >= 11 is 1.60. The molecule has 7 heteroatoms. The number of hydrogen-bond donors (Lipinski definition) is 2. The van der Waals surface area contributed by atoms with Crippen molar-refractivity contribution in [2.24, 2.45) is 0 Å². The van der Waals surface area contributed by atoms with E-state index in [1.54, 1.807) is 36.6 Å². The number of nitrogens with one attached hydrogen (secondary N) is 1. The first kappa shape index (κ1) is 17.4. The van der Waals surface area contributed by atoms with Crippen molar-refractivity contribution in [1.82, 2.24) is 9.71 Å².